The van der Waals surface area contributed by atoms with Crippen LogP contribution >= 0.6 is 15.9 Å². The Hall–Kier alpha value is -1.47. The molecule has 1 aromatic rings. The maximum atomic E-state index is 11.8. The van der Waals surface area contributed by atoms with Crippen molar-refractivity contribution in [3.63, 3.8) is 0 Å². The Morgan fingerprint density at radius 2 is 2.35 bits per heavy atom. The lowest BCUT2D eigenvalue weighted by molar-refractivity contribution is -0.385. The first-order valence-electron chi connectivity index (χ1n) is 6.41. The Bertz CT molecular complexity index is 536. The molecule has 6 nitrogen and oxygen atoms in total. The lowest BCUT2D eigenvalue weighted by atomic mass is 10.1. The van der Waals surface area contributed by atoms with Gasteiger partial charge in [-0.15, -0.1) is 0 Å². The van der Waals surface area contributed by atoms with Crippen molar-refractivity contribution in [2.24, 2.45) is 0 Å². The number of rotatable bonds is 4. The zero-order valence-electron chi connectivity index (χ0n) is 11.1. The molecule has 1 atom stereocenters. The van der Waals surface area contributed by atoms with E-state index in [0.717, 1.165) is 24.9 Å². The van der Waals surface area contributed by atoms with Gasteiger partial charge in [-0.05, 0) is 46.9 Å². The zero-order chi connectivity index (χ0) is 14.7. The van der Waals surface area contributed by atoms with Gasteiger partial charge in [0.2, 0.25) is 5.91 Å². The zero-order valence-corrected chi connectivity index (χ0v) is 12.7. The fraction of sp³-hybridized carbons (Fsp3) is 0.462. The smallest absolute Gasteiger partial charge is 0.283 e. The molecule has 1 amide bonds. The average molecular weight is 342 g/mol. The highest BCUT2D eigenvalue weighted by molar-refractivity contribution is 9.10. The quantitative estimate of drug-likeness (QED) is 0.671. The van der Waals surface area contributed by atoms with Crippen molar-refractivity contribution < 1.29 is 9.72 Å². The average Bonchev–Trinajstić information content (AvgIpc) is 2.88. The third kappa shape index (κ3) is 3.16. The number of hydrogen-bond donors (Lipinski definition) is 1. The van der Waals surface area contributed by atoms with Gasteiger partial charge in [0.1, 0.15) is 0 Å². The number of likely N-dealkylation sites (N-methyl/N-ethyl adjacent to an activating group) is 1. The summed E-state index contributed by atoms with van der Waals surface area (Å²) in [6, 6.07) is 4.95. The number of hydrogen-bond acceptors (Lipinski definition) is 4. The highest BCUT2D eigenvalue weighted by atomic mass is 79.9. The van der Waals surface area contributed by atoms with Crippen LogP contribution in [0.3, 0.4) is 0 Å². The number of benzene rings is 1. The maximum Gasteiger partial charge on any atom is 0.283 e. The standard InChI is InChI=1S/C13H16BrN3O3/c1-15-13(18)11-3-2-6-16(11)8-9-4-5-10(14)12(7-9)17(19)20/h4-5,7,11H,2-3,6,8H2,1H3,(H,15,18). The molecular weight excluding hydrogens is 326 g/mol. The SMILES string of the molecule is CNC(=O)C1CCCN1Cc1ccc(Br)c([N+](=O)[O-])c1. The molecule has 1 N–H and O–H groups in total. The van der Waals surface area contributed by atoms with Gasteiger partial charge in [0.05, 0.1) is 15.4 Å². The first-order chi connectivity index (χ1) is 9.52. The van der Waals surface area contributed by atoms with Gasteiger partial charge in [-0.3, -0.25) is 19.8 Å². The normalized spacial score (nSPS) is 19.0. The number of carbonyl (C=O) groups excluding carboxylic acids is 1. The molecule has 0 aliphatic carbocycles. The summed E-state index contributed by atoms with van der Waals surface area (Å²) < 4.78 is 0.468. The van der Waals surface area contributed by atoms with Gasteiger partial charge in [-0.2, -0.15) is 0 Å². The van der Waals surface area contributed by atoms with Crippen molar-refractivity contribution >= 4 is 27.5 Å². The summed E-state index contributed by atoms with van der Waals surface area (Å²) in [7, 11) is 1.63. The Morgan fingerprint density at radius 1 is 1.60 bits per heavy atom. The molecule has 0 spiro atoms. The fourth-order valence-corrected chi connectivity index (χ4v) is 2.90. The molecule has 0 radical (unpaired) electrons. The Morgan fingerprint density at radius 3 is 3.00 bits per heavy atom. The Labute approximate surface area is 125 Å². The van der Waals surface area contributed by atoms with E-state index in [0.29, 0.717) is 11.0 Å². The van der Waals surface area contributed by atoms with Crippen molar-refractivity contribution in [3.8, 4) is 0 Å². The van der Waals surface area contributed by atoms with Crippen LogP contribution in [0.2, 0.25) is 0 Å². The van der Waals surface area contributed by atoms with Gasteiger partial charge in [0, 0.05) is 19.7 Å². The number of nitrogens with one attached hydrogen (secondary N) is 1. The predicted octanol–water partition coefficient (Wildman–Crippen LogP) is 2.07. The van der Waals surface area contributed by atoms with Crippen LogP contribution in [-0.4, -0.2) is 35.4 Å². The van der Waals surface area contributed by atoms with Crippen molar-refractivity contribution in [1.82, 2.24) is 10.2 Å². The summed E-state index contributed by atoms with van der Waals surface area (Å²) in [4.78, 5) is 24.4. The molecule has 1 heterocycles. The number of amides is 1. The summed E-state index contributed by atoms with van der Waals surface area (Å²) in [5.41, 5.74) is 0.897. The summed E-state index contributed by atoms with van der Waals surface area (Å²) >= 11 is 3.17. The first kappa shape index (κ1) is 14.9. The van der Waals surface area contributed by atoms with Gasteiger partial charge in [0.15, 0.2) is 0 Å². The minimum atomic E-state index is -0.409. The molecular formula is C13H16BrN3O3. The summed E-state index contributed by atoms with van der Waals surface area (Å²) in [6.07, 6.45) is 1.80. The molecule has 0 bridgehead atoms. The topological polar surface area (TPSA) is 75.5 Å². The molecule has 1 aliphatic rings. The number of halogens is 1. The molecule has 0 aromatic heterocycles. The van der Waals surface area contributed by atoms with Crippen molar-refractivity contribution in [3.05, 3.63) is 38.3 Å². The van der Waals surface area contributed by atoms with Crippen molar-refractivity contribution in [1.29, 1.82) is 0 Å². The van der Waals surface area contributed by atoms with Crippen molar-refractivity contribution in [2.75, 3.05) is 13.6 Å². The summed E-state index contributed by atoms with van der Waals surface area (Å²) in [5, 5.41) is 13.6. The van der Waals surface area contributed by atoms with E-state index in [1.165, 1.54) is 0 Å². The number of likely N-dealkylation sites (tertiary alicyclic amines) is 1. The van der Waals surface area contributed by atoms with Gasteiger partial charge in [-0.25, -0.2) is 0 Å². The van der Waals surface area contributed by atoms with Gasteiger partial charge in [0.25, 0.3) is 5.69 Å². The van der Waals surface area contributed by atoms with Crippen LogP contribution in [0.25, 0.3) is 0 Å². The molecule has 1 aliphatic heterocycles. The van der Waals surface area contributed by atoms with Crippen LogP contribution in [0.4, 0.5) is 5.69 Å². The van der Waals surface area contributed by atoms with E-state index in [2.05, 4.69) is 26.1 Å². The molecule has 0 saturated carbocycles. The molecule has 1 unspecified atom stereocenters. The lowest BCUT2D eigenvalue weighted by Gasteiger charge is -2.22. The van der Waals surface area contributed by atoms with Crippen molar-refractivity contribution in [2.45, 2.75) is 25.4 Å². The van der Waals surface area contributed by atoms with E-state index in [1.54, 1.807) is 19.2 Å². The van der Waals surface area contributed by atoms with E-state index >= 15 is 0 Å². The van der Waals surface area contributed by atoms with Crippen LogP contribution in [0.1, 0.15) is 18.4 Å². The van der Waals surface area contributed by atoms with Crippen LogP contribution in [-0.2, 0) is 11.3 Å². The van der Waals surface area contributed by atoms with Crippen LogP contribution in [0, 0.1) is 10.1 Å². The van der Waals surface area contributed by atoms with E-state index < -0.39 is 4.92 Å². The van der Waals surface area contributed by atoms with Crippen LogP contribution < -0.4 is 5.32 Å². The summed E-state index contributed by atoms with van der Waals surface area (Å²) in [6.45, 7) is 1.38. The highest BCUT2D eigenvalue weighted by Crippen LogP contribution is 2.27. The molecule has 20 heavy (non-hydrogen) atoms. The van der Waals surface area contributed by atoms with Crippen LogP contribution in [0.15, 0.2) is 22.7 Å². The Balaban J connectivity index is 2.15. The van der Waals surface area contributed by atoms with E-state index in [4.69, 9.17) is 0 Å². The van der Waals surface area contributed by atoms with Gasteiger partial charge >= 0.3 is 0 Å². The fourth-order valence-electron chi connectivity index (χ4n) is 2.51. The Kier molecular flexibility index (Phi) is 4.72. The molecule has 1 fully saturated rings. The third-order valence-corrected chi connectivity index (χ3v) is 4.18. The number of nitrogens with zero attached hydrogens (tertiary/aromatic N) is 2. The number of nitro benzene ring substituents is 1. The van der Waals surface area contributed by atoms with Crippen LogP contribution in [0.5, 0.6) is 0 Å². The monoisotopic (exact) mass is 341 g/mol. The van der Waals surface area contributed by atoms with Gasteiger partial charge in [-0.1, -0.05) is 6.07 Å². The lowest BCUT2D eigenvalue weighted by Crippen LogP contribution is -2.41. The first-order valence-corrected chi connectivity index (χ1v) is 7.20. The van der Waals surface area contributed by atoms with E-state index in [-0.39, 0.29) is 17.6 Å². The molecule has 1 aromatic carbocycles. The second-order valence-corrected chi connectivity index (χ2v) is 5.64. The molecule has 108 valence electrons. The second-order valence-electron chi connectivity index (χ2n) is 4.79. The highest BCUT2D eigenvalue weighted by Gasteiger charge is 2.30. The molecule has 2 rings (SSSR count). The van der Waals surface area contributed by atoms with E-state index in [9.17, 15) is 14.9 Å². The maximum absolute atomic E-state index is 11.8. The molecule has 7 heteroatoms. The number of carbonyl (C=O) groups is 1. The third-order valence-electron chi connectivity index (χ3n) is 3.51. The minimum absolute atomic E-state index is 0.00844. The minimum Gasteiger partial charge on any atom is -0.358 e. The number of nitro groups is 1. The largest absolute Gasteiger partial charge is 0.358 e. The molecule has 1 saturated heterocycles. The summed E-state index contributed by atoms with van der Waals surface area (Å²) in [5.74, 6) is 0.00844. The van der Waals surface area contributed by atoms with E-state index in [1.807, 2.05) is 6.07 Å². The van der Waals surface area contributed by atoms with Gasteiger partial charge < -0.3 is 5.32 Å². The predicted molar refractivity (Wildman–Crippen MR) is 78.3 cm³/mol. The second kappa shape index (κ2) is 6.32.